The molecule has 0 spiro atoms. The summed E-state index contributed by atoms with van der Waals surface area (Å²) >= 11 is 0. The first-order chi connectivity index (χ1) is 17.9. The van der Waals surface area contributed by atoms with Gasteiger partial charge in [-0.05, 0) is 35.6 Å². The molecule has 5 heteroatoms. The van der Waals surface area contributed by atoms with Crippen molar-refractivity contribution in [2.75, 3.05) is 12.8 Å². The Labute approximate surface area is 224 Å². The maximum atomic E-state index is 6.14. The summed E-state index contributed by atoms with van der Waals surface area (Å²) in [7, 11) is 1.64. The molecule has 2 heterocycles. The second-order valence-corrected chi connectivity index (χ2v) is 9.95. The molecule has 4 rings (SSSR count). The normalized spacial score (nSPS) is 10.7. The first-order valence-electron chi connectivity index (χ1n) is 14.1. The summed E-state index contributed by atoms with van der Waals surface area (Å²) < 4.78 is 7.13. The Bertz CT molecular complexity index is 1210. The molecule has 202 valence electrons. The molecular weight excluding hydrogens is 456 g/mol. The van der Waals surface area contributed by atoms with E-state index in [1.165, 1.54) is 49.7 Å². The number of nitrogens with two attached hydrogens (primary N) is 1. The molecule has 0 saturated carbocycles. The summed E-state index contributed by atoms with van der Waals surface area (Å²) in [6.45, 7) is 13.4. The minimum atomic E-state index is 0.363. The van der Waals surface area contributed by atoms with Crippen LogP contribution in [0.5, 0.6) is 5.75 Å². The summed E-state index contributed by atoms with van der Waals surface area (Å²) in [5.74, 6) is 1.98. The Morgan fingerprint density at radius 2 is 1.59 bits per heavy atom. The highest BCUT2D eigenvalue weighted by atomic mass is 16.5. The molecule has 0 saturated heterocycles. The van der Waals surface area contributed by atoms with Crippen LogP contribution in [-0.2, 0) is 12.8 Å². The Hall–Kier alpha value is -3.08. The van der Waals surface area contributed by atoms with E-state index in [1.807, 2.05) is 18.2 Å². The topological polar surface area (TPSA) is 65.4 Å². The van der Waals surface area contributed by atoms with Crippen molar-refractivity contribution >= 4 is 22.4 Å². The van der Waals surface area contributed by atoms with Crippen molar-refractivity contribution in [2.24, 2.45) is 5.92 Å². The lowest BCUT2D eigenvalue weighted by atomic mass is 10.0. The zero-order chi connectivity index (χ0) is 27.2. The van der Waals surface area contributed by atoms with E-state index in [-0.39, 0.29) is 0 Å². The van der Waals surface area contributed by atoms with Crippen LogP contribution >= 0.6 is 0 Å². The van der Waals surface area contributed by atoms with E-state index in [2.05, 4.69) is 82.0 Å². The lowest BCUT2D eigenvalue weighted by molar-refractivity contribution is 0.419. The average molecular weight is 505 g/mol. The first kappa shape index (κ1) is 30.1. The van der Waals surface area contributed by atoms with Crippen LogP contribution in [-0.4, -0.2) is 21.7 Å². The predicted molar refractivity (Wildman–Crippen MR) is 160 cm³/mol. The van der Waals surface area contributed by atoms with Crippen molar-refractivity contribution in [3.63, 3.8) is 0 Å². The van der Waals surface area contributed by atoms with Gasteiger partial charge in [-0.3, -0.25) is 0 Å². The highest BCUT2D eigenvalue weighted by Gasteiger charge is 2.13. The number of benzene rings is 2. The molecule has 2 N–H and O–H groups in total. The van der Waals surface area contributed by atoms with Gasteiger partial charge in [0, 0.05) is 11.8 Å². The number of nitrogen functional groups attached to an aromatic ring is 1. The molecule has 0 atom stereocenters. The average Bonchev–Trinajstić information content (AvgIpc) is 3.34. The van der Waals surface area contributed by atoms with Crippen LogP contribution in [0.25, 0.3) is 16.4 Å². The first-order valence-corrected chi connectivity index (χ1v) is 14.1. The lowest BCUT2D eigenvalue weighted by Crippen LogP contribution is -2.03. The Morgan fingerprint density at radius 1 is 0.892 bits per heavy atom. The predicted octanol–water partition coefficient (Wildman–Crippen LogP) is 8.66. The monoisotopic (exact) mass is 504 g/mol. The van der Waals surface area contributed by atoms with Gasteiger partial charge in [0.25, 0.3) is 0 Å². The van der Waals surface area contributed by atoms with Crippen LogP contribution in [0.2, 0.25) is 0 Å². The molecule has 5 nitrogen and oxygen atoms in total. The van der Waals surface area contributed by atoms with E-state index in [9.17, 15) is 0 Å². The summed E-state index contributed by atoms with van der Waals surface area (Å²) in [4.78, 5) is 4.48. The molecule has 2 aromatic carbocycles. The van der Waals surface area contributed by atoms with Gasteiger partial charge in [-0.2, -0.15) is 9.61 Å². The maximum absolute atomic E-state index is 6.14. The fraction of sp³-hybridized carbons (Fsp3) is 0.500. The van der Waals surface area contributed by atoms with Crippen molar-refractivity contribution in [3.05, 3.63) is 65.4 Å². The number of anilines is 1. The van der Waals surface area contributed by atoms with Crippen LogP contribution in [0.4, 0.5) is 5.95 Å². The highest BCUT2D eigenvalue weighted by Crippen LogP contribution is 2.29. The van der Waals surface area contributed by atoms with E-state index in [0.29, 0.717) is 11.7 Å². The van der Waals surface area contributed by atoms with Crippen molar-refractivity contribution < 1.29 is 4.74 Å². The van der Waals surface area contributed by atoms with Gasteiger partial charge in [0.1, 0.15) is 11.3 Å². The number of ether oxygens (including phenoxy) is 1. The van der Waals surface area contributed by atoms with Gasteiger partial charge in [-0.15, -0.1) is 0 Å². The molecule has 0 fully saturated rings. The van der Waals surface area contributed by atoms with Gasteiger partial charge in [0.2, 0.25) is 5.95 Å². The molecular formula is C32H48N4O. The zero-order valence-electron chi connectivity index (χ0n) is 24.2. The molecule has 0 aliphatic heterocycles. The fourth-order valence-electron chi connectivity index (χ4n) is 4.13. The number of fused-ring (bicyclic) bond motifs is 3. The maximum Gasteiger partial charge on any atom is 0.222 e. The molecule has 0 amide bonds. The van der Waals surface area contributed by atoms with E-state index >= 15 is 0 Å². The fourth-order valence-corrected chi connectivity index (χ4v) is 4.13. The Kier molecular flexibility index (Phi) is 13.0. The molecule has 0 aliphatic rings. The molecule has 0 aliphatic carbocycles. The molecule has 0 unspecified atom stereocenters. The van der Waals surface area contributed by atoms with E-state index < -0.39 is 0 Å². The van der Waals surface area contributed by atoms with E-state index in [4.69, 9.17) is 10.5 Å². The number of para-hydroxylation sites is 1. The molecule has 0 bridgehead atoms. The van der Waals surface area contributed by atoms with Gasteiger partial charge in [-0.1, -0.05) is 116 Å². The van der Waals surface area contributed by atoms with Crippen LogP contribution in [0.1, 0.15) is 96.9 Å². The molecule has 2 aromatic heterocycles. The number of hydrogen-bond donors (Lipinski definition) is 1. The third kappa shape index (κ3) is 8.77. The smallest absolute Gasteiger partial charge is 0.222 e. The van der Waals surface area contributed by atoms with Gasteiger partial charge >= 0.3 is 0 Å². The summed E-state index contributed by atoms with van der Waals surface area (Å²) in [6.07, 6.45) is 10.0. The second kappa shape index (κ2) is 15.9. The molecule has 37 heavy (non-hydrogen) atoms. The van der Waals surface area contributed by atoms with Gasteiger partial charge in [0.15, 0.2) is 0 Å². The van der Waals surface area contributed by atoms with Gasteiger partial charge < -0.3 is 10.5 Å². The third-order valence-electron chi connectivity index (χ3n) is 6.45. The van der Waals surface area contributed by atoms with E-state index in [1.54, 1.807) is 11.6 Å². The van der Waals surface area contributed by atoms with E-state index in [0.717, 1.165) is 40.9 Å². The number of nitrogens with zero attached hydrogens (tertiary/aromatic N) is 3. The molecule has 0 radical (unpaired) electrons. The van der Waals surface area contributed by atoms with Crippen molar-refractivity contribution in [2.45, 2.75) is 92.9 Å². The number of unbranched alkanes of at least 4 members (excludes halogenated alkanes) is 3. The minimum Gasteiger partial charge on any atom is -0.494 e. The Morgan fingerprint density at radius 3 is 2.19 bits per heavy atom. The number of rotatable bonds is 9. The number of aryl methyl sites for hydroxylation is 1. The zero-order valence-corrected chi connectivity index (χ0v) is 24.2. The van der Waals surface area contributed by atoms with Crippen LogP contribution in [0.15, 0.2) is 48.5 Å². The van der Waals surface area contributed by atoms with Crippen LogP contribution < -0.4 is 10.5 Å². The lowest BCUT2D eigenvalue weighted by Gasteiger charge is -2.07. The van der Waals surface area contributed by atoms with Gasteiger partial charge in [0.05, 0.1) is 18.3 Å². The standard InChI is InChI=1S/C20H20N4O.C8H18.C4H10/c1-3-13-7-4-5-8-14(13)11-15-12-17-16-9-6-10-18(25-2)19(16)22-20(21)24(17)23-15;1-4-5-6-7-8(2)3;1-3-4-2/h4-10,12H,3,11H2,1-2H3,(H2,21,22);8H,4-7H2,1-3H3;3-4H2,1-2H3. The summed E-state index contributed by atoms with van der Waals surface area (Å²) in [6, 6.07) is 16.4. The van der Waals surface area contributed by atoms with Crippen molar-refractivity contribution in [1.29, 1.82) is 0 Å². The van der Waals surface area contributed by atoms with Crippen molar-refractivity contribution in [1.82, 2.24) is 14.6 Å². The quantitative estimate of drug-likeness (QED) is 0.232. The number of aromatic nitrogens is 3. The second-order valence-electron chi connectivity index (χ2n) is 9.95. The summed E-state index contributed by atoms with van der Waals surface area (Å²) in [5, 5.41) is 5.66. The minimum absolute atomic E-state index is 0.363. The van der Waals surface area contributed by atoms with Crippen LogP contribution in [0.3, 0.4) is 0 Å². The third-order valence-corrected chi connectivity index (χ3v) is 6.45. The molecule has 4 aromatic rings. The highest BCUT2D eigenvalue weighted by molar-refractivity contribution is 5.97. The Balaban J connectivity index is 0.000000338. The number of methoxy groups -OCH3 is 1. The van der Waals surface area contributed by atoms with Gasteiger partial charge in [-0.25, -0.2) is 4.98 Å². The summed E-state index contributed by atoms with van der Waals surface area (Å²) in [5.41, 5.74) is 11.5. The number of hydrogen-bond acceptors (Lipinski definition) is 4. The van der Waals surface area contributed by atoms with Crippen molar-refractivity contribution in [3.8, 4) is 5.75 Å². The van der Waals surface area contributed by atoms with Crippen LogP contribution in [0, 0.1) is 5.92 Å². The SMILES string of the molecule is CCCC.CCCCCC(C)C.CCc1ccccc1Cc1cc2c3cccc(OC)c3nc(N)n2n1. The largest absolute Gasteiger partial charge is 0.494 e.